The van der Waals surface area contributed by atoms with Crippen LogP contribution in [0.3, 0.4) is 0 Å². The molecule has 29 heavy (non-hydrogen) atoms. The molecule has 5 aromatic rings. The fraction of sp³-hybridized carbons (Fsp3) is 0.0500. The van der Waals surface area contributed by atoms with Gasteiger partial charge in [-0.1, -0.05) is 18.2 Å². The van der Waals surface area contributed by atoms with Gasteiger partial charge in [0.15, 0.2) is 5.82 Å². The number of benzene rings is 2. The third kappa shape index (κ3) is 3.09. The summed E-state index contributed by atoms with van der Waals surface area (Å²) >= 11 is 1.55. The Morgan fingerprint density at radius 2 is 1.86 bits per heavy atom. The van der Waals surface area contributed by atoms with Crippen molar-refractivity contribution in [3.63, 3.8) is 0 Å². The van der Waals surface area contributed by atoms with Gasteiger partial charge in [-0.25, -0.2) is 4.98 Å². The van der Waals surface area contributed by atoms with Crippen molar-refractivity contribution >= 4 is 43.8 Å². The molecule has 0 radical (unpaired) electrons. The molecule has 9 heteroatoms. The van der Waals surface area contributed by atoms with Crippen LogP contribution < -0.4 is 5.32 Å². The van der Waals surface area contributed by atoms with E-state index in [1.54, 1.807) is 17.4 Å². The standard InChI is InChI=1S/C20H12F3N5S/c21-20(22,23)11-3-1-4-12(9-11)26-19-15-7-8-29-17(15)13-5-2-6-14(16(13)27-19)18-24-10-25-28-18/h1-10H,(H,26,27)(H,24,25,28). The second kappa shape index (κ2) is 6.56. The number of fused-ring (bicyclic) bond motifs is 3. The minimum atomic E-state index is -4.41. The lowest BCUT2D eigenvalue weighted by Crippen LogP contribution is -2.05. The summed E-state index contributed by atoms with van der Waals surface area (Å²) in [5.41, 5.74) is 1.06. The molecule has 0 saturated heterocycles. The molecule has 0 aliphatic heterocycles. The summed E-state index contributed by atoms with van der Waals surface area (Å²) < 4.78 is 40.2. The Balaban J connectivity index is 1.70. The molecule has 0 aliphatic rings. The zero-order valence-electron chi connectivity index (χ0n) is 14.7. The Morgan fingerprint density at radius 3 is 2.66 bits per heavy atom. The number of nitrogens with one attached hydrogen (secondary N) is 2. The molecule has 2 N–H and O–H groups in total. The number of anilines is 2. The first-order chi connectivity index (χ1) is 14.0. The lowest BCUT2D eigenvalue weighted by Gasteiger charge is -2.13. The van der Waals surface area contributed by atoms with Gasteiger partial charge in [0.05, 0.1) is 11.1 Å². The van der Waals surface area contributed by atoms with E-state index in [-0.39, 0.29) is 0 Å². The quantitative estimate of drug-likeness (QED) is 0.382. The number of rotatable bonds is 3. The SMILES string of the molecule is FC(F)(F)c1cccc(Nc2nc3c(-c4nnc[nH]4)cccc3c3sccc23)c1. The van der Waals surface area contributed by atoms with E-state index in [1.807, 2.05) is 29.6 Å². The van der Waals surface area contributed by atoms with Gasteiger partial charge in [0.1, 0.15) is 12.1 Å². The molecule has 3 heterocycles. The highest BCUT2D eigenvalue weighted by Gasteiger charge is 2.30. The first-order valence-electron chi connectivity index (χ1n) is 8.61. The normalized spacial score (nSPS) is 12.0. The highest BCUT2D eigenvalue weighted by Crippen LogP contribution is 2.38. The van der Waals surface area contributed by atoms with Crippen LogP contribution >= 0.6 is 11.3 Å². The first kappa shape index (κ1) is 17.6. The van der Waals surface area contributed by atoms with Gasteiger partial charge in [-0.05, 0) is 35.7 Å². The number of hydrogen-bond donors (Lipinski definition) is 2. The smallest absolute Gasteiger partial charge is 0.340 e. The van der Waals surface area contributed by atoms with Gasteiger partial charge in [0, 0.05) is 26.7 Å². The zero-order valence-corrected chi connectivity index (χ0v) is 15.5. The summed E-state index contributed by atoms with van der Waals surface area (Å²) in [7, 11) is 0. The fourth-order valence-electron chi connectivity index (χ4n) is 3.26. The molecule has 5 rings (SSSR count). The van der Waals surface area contributed by atoms with Crippen molar-refractivity contribution in [2.45, 2.75) is 6.18 Å². The van der Waals surface area contributed by atoms with E-state index in [0.29, 0.717) is 22.8 Å². The van der Waals surface area contributed by atoms with Crippen LogP contribution in [0.15, 0.2) is 60.2 Å². The molecule has 3 aromatic heterocycles. The van der Waals surface area contributed by atoms with Crippen LogP contribution in [0.2, 0.25) is 0 Å². The number of H-pyrrole nitrogens is 1. The zero-order chi connectivity index (χ0) is 20.0. The van der Waals surface area contributed by atoms with E-state index in [0.717, 1.165) is 33.2 Å². The number of halogens is 3. The number of alkyl halides is 3. The lowest BCUT2D eigenvalue weighted by atomic mass is 10.1. The van der Waals surface area contributed by atoms with Crippen LogP contribution in [0.1, 0.15) is 5.56 Å². The van der Waals surface area contributed by atoms with Crippen molar-refractivity contribution in [2.75, 3.05) is 5.32 Å². The second-order valence-corrected chi connectivity index (χ2v) is 7.28. The Labute approximate surface area is 166 Å². The van der Waals surface area contributed by atoms with Gasteiger partial charge in [-0.3, -0.25) is 0 Å². The predicted octanol–water partition coefficient (Wildman–Crippen LogP) is 6.00. The average Bonchev–Trinajstić information content (AvgIpc) is 3.40. The molecule has 0 spiro atoms. The van der Waals surface area contributed by atoms with Gasteiger partial charge in [-0.2, -0.15) is 13.2 Å². The third-order valence-electron chi connectivity index (χ3n) is 4.55. The third-order valence-corrected chi connectivity index (χ3v) is 5.50. The molecule has 0 fully saturated rings. The number of aromatic amines is 1. The maximum absolute atomic E-state index is 13.1. The molecule has 144 valence electrons. The minimum Gasteiger partial charge on any atom is -0.340 e. The highest BCUT2D eigenvalue weighted by molar-refractivity contribution is 7.18. The monoisotopic (exact) mass is 411 g/mol. The summed E-state index contributed by atoms with van der Waals surface area (Å²) in [6.45, 7) is 0. The molecular formula is C20H12F3N5S. The van der Waals surface area contributed by atoms with Crippen LogP contribution in [0.4, 0.5) is 24.7 Å². The van der Waals surface area contributed by atoms with Crippen LogP contribution in [-0.4, -0.2) is 20.2 Å². The molecule has 0 amide bonds. The van der Waals surface area contributed by atoms with Gasteiger partial charge in [0.2, 0.25) is 0 Å². The van der Waals surface area contributed by atoms with E-state index < -0.39 is 11.7 Å². The van der Waals surface area contributed by atoms with Crippen LogP contribution in [0.25, 0.3) is 32.4 Å². The van der Waals surface area contributed by atoms with E-state index in [1.165, 1.54) is 12.4 Å². The van der Waals surface area contributed by atoms with Gasteiger partial charge < -0.3 is 10.3 Å². The number of nitrogens with zero attached hydrogens (tertiary/aromatic N) is 3. The van der Waals surface area contributed by atoms with E-state index in [4.69, 9.17) is 4.98 Å². The van der Waals surface area contributed by atoms with E-state index in [2.05, 4.69) is 20.5 Å². The number of thiophene rings is 1. The topological polar surface area (TPSA) is 66.5 Å². The molecule has 2 aromatic carbocycles. The van der Waals surface area contributed by atoms with Crippen molar-refractivity contribution in [3.8, 4) is 11.4 Å². The number of para-hydroxylation sites is 1. The van der Waals surface area contributed by atoms with Crippen molar-refractivity contribution in [3.05, 3.63) is 65.8 Å². The van der Waals surface area contributed by atoms with Crippen LogP contribution in [0.5, 0.6) is 0 Å². The molecule has 5 nitrogen and oxygen atoms in total. The van der Waals surface area contributed by atoms with Crippen molar-refractivity contribution in [1.82, 2.24) is 20.2 Å². The first-order valence-corrected chi connectivity index (χ1v) is 9.49. The van der Waals surface area contributed by atoms with E-state index in [9.17, 15) is 13.2 Å². The molecule has 0 bridgehead atoms. The van der Waals surface area contributed by atoms with Crippen LogP contribution in [-0.2, 0) is 6.18 Å². The van der Waals surface area contributed by atoms with E-state index >= 15 is 0 Å². The summed E-state index contributed by atoms with van der Waals surface area (Å²) in [6.07, 6.45) is -2.93. The largest absolute Gasteiger partial charge is 0.416 e. The summed E-state index contributed by atoms with van der Waals surface area (Å²) in [5.74, 6) is 1.06. The number of pyridine rings is 1. The van der Waals surface area contributed by atoms with Crippen molar-refractivity contribution in [1.29, 1.82) is 0 Å². The lowest BCUT2D eigenvalue weighted by molar-refractivity contribution is -0.137. The summed E-state index contributed by atoms with van der Waals surface area (Å²) in [4.78, 5) is 7.72. The molecule has 0 unspecified atom stereocenters. The minimum absolute atomic E-state index is 0.316. The second-order valence-electron chi connectivity index (χ2n) is 6.37. The average molecular weight is 411 g/mol. The van der Waals surface area contributed by atoms with Crippen LogP contribution in [0, 0.1) is 0 Å². The number of aromatic nitrogens is 4. The Hall–Kier alpha value is -3.46. The molecule has 0 saturated carbocycles. The molecular weight excluding hydrogens is 399 g/mol. The maximum atomic E-state index is 13.1. The summed E-state index contributed by atoms with van der Waals surface area (Å²) in [6, 6.07) is 12.7. The molecule has 0 atom stereocenters. The highest BCUT2D eigenvalue weighted by atomic mass is 32.1. The number of hydrogen-bond acceptors (Lipinski definition) is 5. The maximum Gasteiger partial charge on any atom is 0.416 e. The fourth-order valence-corrected chi connectivity index (χ4v) is 4.18. The molecule has 0 aliphatic carbocycles. The Kier molecular flexibility index (Phi) is 3.99. The van der Waals surface area contributed by atoms with Crippen molar-refractivity contribution in [2.24, 2.45) is 0 Å². The van der Waals surface area contributed by atoms with Gasteiger partial charge in [-0.15, -0.1) is 21.5 Å². The Bertz CT molecular complexity index is 1330. The Morgan fingerprint density at radius 1 is 1.00 bits per heavy atom. The van der Waals surface area contributed by atoms with Gasteiger partial charge >= 0.3 is 6.18 Å². The predicted molar refractivity (Wildman–Crippen MR) is 107 cm³/mol. The summed E-state index contributed by atoms with van der Waals surface area (Å²) in [5, 5.41) is 14.7. The van der Waals surface area contributed by atoms with Crippen molar-refractivity contribution < 1.29 is 13.2 Å². The van der Waals surface area contributed by atoms with Gasteiger partial charge in [0.25, 0.3) is 0 Å².